The van der Waals surface area contributed by atoms with E-state index in [1.807, 2.05) is 7.05 Å². The topological polar surface area (TPSA) is 52.6 Å². The number of nitrogens with zero attached hydrogens (tertiary/aromatic N) is 1. The lowest BCUT2D eigenvalue weighted by Crippen LogP contribution is -2.49. The molecule has 4 nitrogen and oxygen atoms in total. The van der Waals surface area contributed by atoms with Crippen LogP contribution in [0.5, 0.6) is 0 Å². The molecular formula is C10H20N2O2. The molecule has 1 saturated heterocycles. The first kappa shape index (κ1) is 11.5. The van der Waals surface area contributed by atoms with Crippen molar-refractivity contribution in [2.45, 2.75) is 31.7 Å². The molecule has 14 heavy (non-hydrogen) atoms. The van der Waals surface area contributed by atoms with Crippen LogP contribution in [0.1, 0.15) is 26.2 Å². The van der Waals surface area contributed by atoms with Gasteiger partial charge < -0.3 is 15.3 Å². The largest absolute Gasteiger partial charge is 0.481 e. The van der Waals surface area contributed by atoms with E-state index in [1.165, 1.54) is 0 Å². The van der Waals surface area contributed by atoms with Crippen LogP contribution in [0.2, 0.25) is 0 Å². The lowest BCUT2D eigenvalue weighted by Gasteiger charge is -2.28. The van der Waals surface area contributed by atoms with Crippen LogP contribution in [0.3, 0.4) is 0 Å². The summed E-state index contributed by atoms with van der Waals surface area (Å²) in [6.07, 6.45) is 2.22. The maximum atomic E-state index is 10.8. The van der Waals surface area contributed by atoms with Gasteiger partial charge in [-0.1, -0.05) is 6.92 Å². The third kappa shape index (κ3) is 2.96. The number of hydrogen-bond donors (Lipinski definition) is 2. The van der Waals surface area contributed by atoms with E-state index in [0.717, 1.165) is 32.5 Å². The van der Waals surface area contributed by atoms with Crippen molar-refractivity contribution in [2.75, 3.05) is 26.7 Å². The summed E-state index contributed by atoms with van der Waals surface area (Å²) in [4.78, 5) is 13.0. The van der Waals surface area contributed by atoms with Crippen LogP contribution in [0, 0.1) is 0 Å². The maximum Gasteiger partial charge on any atom is 0.305 e. The Morgan fingerprint density at radius 3 is 2.79 bits per heavy atom. The molecule has 1 aliphatic rings. The van der Waals surface area contributed by atoms with Gasteiger partial charge in [-0.3, -0.25) is 4.79 Å². The van der Waals surface area contributed by atoms with Gasteiger partial charge in [-0.05, 0) is 33.0 Å². The summed E-state index contributed by atoms with van der Waals surface area (Å²) in [5.74, 6) is -0.705. The molecule has 0 aliphatic carbocycles. The molecule has 0 amide bonds. The van der Waals surface area contributed by atoms with Crippen molar-refractivity contribution in [2.24, 2.45) is 0 Å². The summed E-state index contributed by atoms with van der Waals surface area (Å²) in [6, 6.07) is 0. The molecule has 1 fully saturated rings. The van der Waals surface area contributed by atoms with Crippen molar-refractivity contribution in [1.82, 2.24) is 10.2 Å². The minimum Gasteiger partial charge on any atom is -0.481 e. The molecule has 0 spiro atoms. The molecule has 1 atom stereocenters. The highest BCUT2D eigenvalue weighted by Crippen LogP contribution is 2.23. The molecule has 0 aromatic heterocycles. The van der Waals surface area contributed by atoms with E-state index in [4.69, 9.17) is 5.11 Å². The Balaban J connectivity index is 2.55. The van der Waals surface area contributed by atoms with E-state index >= 15 is 0 Å². The minimum absolute atomic E-state index is 0.184. The summed E-state index contributed by atoms with van der Waals surface area (Å²) in [5.41, 5.74) is -0.184. The van der Waals surface area contributed by atoms with Crippen molar-refractivity contribution in [3.8, 4) is 0 Å². The zero-order chi connectivity index (χ0) is 10.6. The van der Waals surface area contributed by atoms with E-state index in [9.17, 15) is 4.79 Å². The SMILES string of the molecule is CCCNC1(CC(=O)O)CCN(C)C1. The second-order valence-corrected chi connectivity index (χ2v) is 4.27. The minimum atomic E-state index is -0.705. The summed E-state index contributed by atoms with van der Waals surface area (Å²) in [7, 11) is 2.04. The van der Waals surface area contributed by atoms with Crippen LogP contribution >= 0.6 is 0 Å². The van der Waals surface area contributed by atoms with Crippen LogP contribution in [-0.4, -0.2) is 48.2 Å². The van der Waals surface area contributed by atoms with Crippen molar-refractivity contribution >= 4 is 5.97 Å². The smallest absolute Gasteiger partial charge is 0.305 e. The quantitative estimate of drug-likeness (QED) is 0.680. The van der Waals surface area contributed by atoms with Gasteiger partial charge in [0.25, 0.3) is 0 Å². The van der Waals surface area contributed by atoms with Crippen LogP contribution in [0.4, 0.5) is 0 Å². The molecule has 1 unspecified atom stereocenters. The van der Waals surface area contributed by atoms with Crippen molar-refractivity contribution in [1.29, 1.82) is 0 Å². The second kappa shape index (κ2) is 4.75. The van der Waals surface area contributed by atoms with E-state index in [0.29, 0.717) is 0 Å². The Labute approximate surface area is 85.3 Å². The molecule has 0 saturated carbocycles. The Hall–Kier alpha value is -0.610. The molecule has 0 radical (unpaired) electrons. The molecule has 1 aliphatic heterocycles. The van der Waals surface area contributed by atoms with Gasteiger partial charge in [0.05, 0.1) is 6.42 Å². The van der Waals surface area contributed by atoms with E-state index < -0.39 is 5.97 Å². The van der Waals surface area contributed by atoms with Gasteiger partial charge in [0.1, 0.15) is 0 Å². The van der Waals surface area contributed by atoms with Gasteiger partial charge in [-0.25, -0.2) is 0 Å². The number of carboxylic acid groups (broad SMARTS) is 1. The first-order valence-corrected chi connectivity index (χ1v) is 5.23. The summed E-state index contributed by atoms with van der Waals surface area (Å²) >= 11 is 0. The Kier molecular flexibility index (Phi) is 3.89. The van der Waals surface area contributed by atoms with Gasteiger partial charge in [-0.2, -0.15) is 0 Å². The highest BCUT2D eigenvalue weighted by Gasteiger charge is 2.37. The van der Waals surface area contributed by atoms with Crippen molar-refractivity contribution in [3.63, 3.8) is 0 Å². The molecule has 82 valence electrons. The first-order valence-electron chi connectivity index (χ1n) is 5.23. The predicted molar refractivity (Wildman–Crippen MR) is 55.4 cm³/mol. The predicted octanol–water partition coefficient (Wildman–Crippen LogP) is 0.535. The number of carboxylic acids is 1. The van der Waals surface area contributed by atoms with Gasteiger partial charge in [0, 0.05) is 12.1 Å². The zero-order valence-corrected chi connectivity index (χ0v) is 9.05. The molecule has 0 aromatic rings. The molecular weight excluding hydrogens is 180 g/mol. The van der Waals surface area contributed by atoms with Crippen LogP contribution in [-0.2, 0) is 4.79 Å². The number of aliphatic carboxylic acids is 1. The molecule has 1 rings (SSSR count). The Bertz CT molecular complexity index is 208. The summed E-state index contributed by atoms with van der Waals surface area (Å²) in [5, 5.41) is 12.3. The van der Waals surface area contributed by atoms with E-state index in [1.54, 1.807) is 0 Å². The molecule has 0 bridgehead atoms. The average Bonchev–Trinajstić information content (AvgIpc) is 2.43. The number of nitrogens with one attached hydrogen (secondary N) is 1. The number of likely N-dealkylation sites (tertiary alicyclic amines) is 1. The van der Waals surface area contributed by atoms with Gasteiger partial charge in [-0.15, -0.1) is 0 Å². The van der Waals surface area contributed by atoms with Gasteiger partial charge >= 0.3 is 5.97 Å². The fourth-order valence-electron chi connectivity index (χ4n) is 2.11. The number of likely N-dealkylation sites (N-methyl/N-ethyl adjacent to an activating group) is 1. The average molecular weight is 200 g/mol. The first-order chi connectivity index (χ1) is 6.58. The van der Waals surface area contributed by atoms with Crippen molar-refractivity contribution < 1.29 is 9.90 Å². The number of carbonyl (C=O) groups is 1. The van der Waals surface area contributed by atoms with E-state index in [2.05, 4.69) is 17.1 Å². The highest BCUT2D eigenvalue weighted by molar-refractivity contribution is 5.68. The third-order valence-electron chi connectivity index (χ3n) is 2.78. The highest BCUT2D eigenvalue weighted by atomic mass is 16.4. The summed E-state index contributed by atoms with van der Waals surface area (Å²) in [6.45, 7) is 4.84. The number of rotatable bonds is 5. The monoisotopic (exact) mass is 200 g/mol. The molecule has 2 N–H and O–H groups in total. The summed E-state index contributed by atoms with van der Waals surface area (Å²) < 4.78 is 0. The number of hydrogen-bond acceptors (Lipinski definition) is 3. The van der Waals surface area contributed by atoms with Crippen molar-refractivity contribution in [3.05, 3.63) is 0 Å². The lowest BCUT2D eigenvalue weighted by molar-refractivity contribution is -0.138. The fraction of sp³-hybridized carbons (Fsp3) is 0.900. The lowest BCUT2D eigenvalue weighted by atomic mass is 9.94. The third-order valence-corrected chi connectivity index (χ3v) is 2.78. The fourth-order valence-corrected chi connectivity index (χ4v) is 2.11. The Morgan fingerprint density at radius 1 is 1.64 bits per heavy atom. The normalized spacial score (nSPS) is 28.1. The Morgan fingerprint density at radius 2 is 2.36 bits per heavy atom. The van der Waals surface area contributed by atoms with Gasteiger partial charge in [0.2, 0.25) is 0 Å². The van der Waals surface area contributed by atoms with E-state index in [-0.39, 0.29) is 12.0 Å². The van der Waals surface area contributed by atoms with Crippen LogP contribution < -0.4 is 5.32 Å². The van der Waals surface area contributed by atoms with Gasteiger partial charge in [0.15, 0.2) is 0 Å². The standard InChI is InChI=1S/C10H20N2O2/c1-3-5-11-10(7-9(13)14)4-6-12(2)8-10/h11H,3-8H2,1-2H3,(H,13,14). The molecule has 4 heteroatoms. The van der Waals surface area contributed by atoms with Crippen LogP contribution in [0.15, 0.2) is 0 Å². The van der Waals surface area contributed by atoms with Crippen LogP contribution in [0.25, 0.3) is 0 Å². The molecule has 1 heterocycles. The molecule has 0 aromatic carbocycles. The second-order valence-electron chi connectivity index (χ2n) is 4.27. The zero-order valence-electron chi connectivity index (χ0n) is 9.05. The maximum absolute atomic E-state index is 10.8.